The number of rotatable bonds is 7. The second kappa shape index (κ2) is 9.16. The Bertz CT molecular complexity index is 572. The van der Waals surface area contributed by atoms with E-state index in [2.05, 4.69) is 28.8 Å². The van der Waals surface area contributed by atoms with Crippen molar-refractivity contribution >= 4 is 5.97 Å². The molecular weight excluding hydrogens is 292 g/mol. The zero-order valence-corrected chi connectivity index (χ0v) is 14.7. The Morgan fingerprint density at radius 2 is 2.17 bits per heavy atom. The molecule has 0 saturated carbocycles. The Kier molecular flexibility index (Phi) is 7.56. The van der Waals surface area contributed by atoms with Crippen LogP contribution in [0.5, 0.6) is 0 Å². The molecule has 0 N–H and O–H groups in total. The lowest BCUT2D eigenvalue weighted by Gasteiger charge is -2.16. The molecule has 0 spiro atoms. The molecule has 0 radical (unpaired) electrons. The number of nitrogens with zero attached hydrogens (tertiary/aromatic N) is 2. The summed E-state index contributed by atoms with van der Waals surface area (Å²) in [5.74, 6) is 6.45. The fraction of sp³-hybridized carbons (Fsp3) is 0.556. The molecule has 5 heteroatoms. The molecule has 126 valence electrons. The highest BCUT2D eigenvalue weighted by Crippen LogP contribution is 2.11. The molecule has 1 rings (SSSR count). The molecule has 0 aromatic carbocycles. The molecule has 0 amide bonds. The van der Waals surface area contributed by atoms with Crippen molar-refractivity contribution < 1.29 is 14.1 Å². The van der Waals surface area contributed by atoms with Crippen LogP contribution >= 0.6 is 0 Å². The molecule has 0 aliphatic heterocycles. The van der Waals surface area contributed by atoms with Gasteiger partial charge < -0.3 is 9.26 Å². The van der Waals surface area contributed by atoms with E-state index < -0.39 is 0 Å². The van der Waals surface area contributed by atoms with Gasteiger partial charge >= 0.3 is 5.97 Å². The Hall–Kier alpha value is -2.06. The van der Waals surface area contributed by atoms with Crippen LogP contribution in [0.15, 0.2) is 28.4 Å². The Balaban J connectivity index is 2.84. The molecule has 1 aromatic rings. The minimum atomic E-state index is -0.375. The third-order valence-corrected chi connectivity index (χ3v) is 2.94. The first-order valence-corrected chi connectivity index (χ1v) is 7.88. The number of hydrogen-bond donors (Lipinski definition) is 0. The van der Waals surface area contributed by atoms with Crippen molar-refractivity contribution in [3.63, 3.8) is 0 Å². The minimum absolute atomic E-state index is 0.171. The number of likely N-dealkylation sites (N-methyl/N-ethyl adjacent to an activating group) is 1. The molecule has 23 heavy (non-hydrogen) atoms. The van der Waals surface area contributed by atoms with Gasteiger partial charge in [0, 0.05) is 18.0 Å². The van der Waals surface area contributed by atoms with Crippen LogP contribution in [0, 0.1) is 17.3 Å². The molecule has 0 aliphatic rings. The lowest BCUT2D eigenvalue weighted by molar-refractivity contribution is -0.138. The smallest absolute Gasteiger partial charge is 0.346 e. The quantitative estimate of drug-likeness (QED) is 0.439. The second-order valence-corrected chi connectivity index (χ2v) is 6.14. The maximum absolute atomic E-state index is 12.0. The Labute approximate surface area is 138 Å². The monoisotopic (exact) mass is 318 g/mol. The van der Waals surface area contributed by atoms with Gasteiger partial charge in [-0.2, -0.15) is 0 Å². The lowest BCUT2D eigenvalue weighted by atomic mass is 9.97. The van der Waals surface area contributed by atoms with E-state index in [1.165, 1.54) is 0 Å². The average molecular weight is 318 g/mol. The number of aromatic nitrogens is 1. The number of carbonyl (C=O) groups excluding carboxylic acids is 1. The molecule has 0 bridgehead atoms. The van der Waals surface area contributed by atoms with Gasteiger partial charge in [0.1, 0.15) is 5.57 Å². The van der Waals surface area contributed by atoms with Gasteiger partial charge in [-0.05, 0) is 40.3 Å². The van der Waals surface area contributed by atoms with Crippen LogP contribution in [0.4, 0.5) is 0 Å². The van der Waals surface area contributed by atoms with Gasteiger partial charge in [0.25, 0.3) is 0 Å². The van der Waals surface area contributed by atoms with E-state index in [0.717, 1.165) is 12.3 Å². The highest BCUT2D eigenvalue weighted by Gasteiger charge is 2.12. The van der Waals surface area contributed by atoms with Crippen molar-refractivity contribution in [3.05, 3.63) is 29.7 Å². The van der Waals surface area contributed by atoms with E-state index in [1.807, 2.05) is 32.9 Å². The largest absolute Gasteiger partial charge is 0.462 e. The summed E-state index contributed by atoms with van der Waals surface area (Å²) in [7, 11) is 0. The van der Waals surface area contributed by atoms with Crippen LogP contribution < -0.4 is 0 Å². The van der Waals surface area contributed by atoms with Gasteiger partial charge in [-0.15, -0.1) is 0 Å². The van der Waals surface area contributed by atoms with E-state index in [0.29, 0.717) is 25.3 Å². The first-order valence-electron chi connectivity index (χ1n) is 7.88. The standard InChI is InChI=1S/C18H26N2O3/c1-6-20(14-16-9-12-19-23-16)13-10-15(17(21)22-7-2)8-11-18(3,4)5/h9-10,12H,6-7,13-14H2,1-5H3/b15-10+. The summed E-state index contributed by atoms with van der Waals surface area (Å²) in [6.45, 7) is 12.2. The molecule has 0 atom stereocenters. The van der Waals surface area contributed by atoms with Gasteiger partial charge in [-0.25, -0.2) is 4.79 Å². The molecule has 0 fully saturated rings. The predicted octanol–water partition coefficient (Wildman–Crippen LogP) is 3.04. The molecule has 0 saturated heterocycles. The third kappa shape index (κ3) is 7.66. The molecular formula is C18H26N2O3. The summed E-state index contributed by atoms with van der Waals surface area (Å²) < 4.78 is 10.2. The molecule has 1 aromatic heterocycles. The van der Waals surface area contributed by atoms with Gasteiger partial charge in [0.2, 0.25) is 0 Å². The predicted molar refractivity (Wildman–Crippen MR) is 89.4 cm³/mol. The van der Waals surface area contributed by atoms with Crippen LogP contribution in [-0.2, 0) is 16.1 Å². The number of carbonyl (C=O) groups is 1. The lowest BCUT2D eigenvalue weighted by Crippen LogP contribution is -2.23. The van der Waals surface area contributed by atoms with Gasteiger partial charge in [-0.1, -0.05) is 23.9 Å². The van der Waals surface area contributed by atoms with Crippen molar-refractivity contribution in [1.82, 2.24) is 10.1 Å². The Morgan fingerprint density at radius 3 is 2.70 bits per heavy atom. The van der Waals surface area contributed by atoms with E-state index >= 15 is 0 Å². The number of esters is 1. The first kappa shape index (κ1) is 19.0. The fourth-order valence-electron chi connectivity index (χ4n) is 1.72. The van der Waals surface area contributed by atoms with E-state index in [-0.39, 0.29) is 11.4 Å². The highest BCUT2D eigenvalue weighted by atomic mass is 16.5. The normalized spacial score (nSPS) is 12.0. The van der Waals surface area contributed by atoms with Crippen molar-refractivity contribution in [2.45, 2.75) is 41.2 Å². The summed E-state index contributed by atoms with van der Waals surface area (Å²) >= 11 is 0. The summed E-state index contributed by atoms with van der Waals surface area (Å²) in [5.41, 5.74) is 0.230. The van der Waals surface area contributed by atoms with Gasteiger partial charge in [0.05, 0.1) is 19.3 Å². The number of hydrogen-bond acceptors (Lipinski definition) is 5. The Morgan fingerprint density at radius 1 is 1.43 bits per heavy atom. The van der Waals surface area contributed by atoms with E-state index in [9.17, 15) is 4.79 Å². The molecule has 0 unspecified atom stereocenters. The van der Waals surface area contributed by atoms with Gasteiger partial charge in [0.15, 0.2) is 5.76 Å². The zero-order valence-electron chi connectivity index (χ0n) is 14.7. The minimum Gasteiger partial charge on any atom is -0.462 e. The summed E-state index contributed by atoms with van der Waals surface area (Å²) in [5, 5.41) is 3.70. The van der Waals surface area contributed by atoms with E-state index in [4.69, 9.17) is 9.26 Å². The summed E-state index contributed by atoms with van der Waals surface area (Å²) in [6.07, 6.45) is 3.44. The van der Waals surface area contributed by atoms with Crippen LogP contribution in [0.25, 0.3) is 0 Å². The van der Waals surface area contributed by atoms with Crippen molar-refractivity contribution in [1.29, 1.82) is 0 Å². The van der Waals surface area contributed by atoms with Crippen LogP contribution in [0.3, 0.4) is 0 Å². The summed E-state index contributed by atoms with van der Waals surface area (Å²) in [4.78, 5) is 14.2. The molecule has 1 heterocycles. The fourth-order valence-corrected chi connectivity index (χ4v) is 1.72. The van der Waals surface area contributed by atoms with Crippen LogP contribution in [0.1, 0.15) is 40.4 Å². The zero-order chi connectivity index (χ0) is 17.3. The van der Waals surface area contributed by atoms with Crippen molar-refractivity contribution in [2.24, 2.45) is 5.41 Å². The van der Waals surface area contributed by atoms with E-state index in [1.54, 1.807) is 13.1 Å². The summed E-state index contributed by atoms with van der Waals surface area (Å²) in [6, 6.07) is 1.83. The second-order valence-electron chi connectivity index (χ2n) is 6.14. The third-order valence-electron chi connectivity index (χ3n) is 2.94. The van der Waals surface area contributed by atoms with Gasteiger partial charge in [-0.3, -0.25) is 4.90 Å². The molecule has 0 aliphatic carbocycles. The first-order chi connectivity index (χ1) is 10.9. The van der Waals surface area contributed by atoms with Crippen molar-refractivity contribution in [3.8, 4) is 11.8 Å². The van der Waals surface area contributed by atoms with Crippen LogP contribution in [0.2, 0.25) is 0 Å². The van der Waals surface area contributed by atoms with Crippen molar-refractivity contribution in [2.75, 3.05) is 19.7 Å². The van der Waals surface area contributed by atoms with Crippen LogP contribution in [-0.4, -0.2) is 35.7 Å². The number of ether oxygens (including phenoxy) is 1. The maximum atomic E-state index is 12.0. The topological polar surface area (TPSA) is 55.6 Å². The highest BCUT2D eigenvalue weighted by molar-refractivity contribution is 5.93. The average Bonchev–Trinajstić information content (AvgIpc) is 2.97. The maximum Gasteiger partial charge on any atom is 0.346 e. The molecule has 5 nitrogen and oxygen atoms in total. The SMILES string of the molecule is CCOC(=O)/C(C#CC(C)(C)C)=C/CN(CC)Cc1ccno1.